The Morgan fingerprint density at radius 1 is 0.568 bits per heavy atom. The van der Waals surface area contributed by atoms with Gasteiger partial charge in [-0.1, -0.05) is 128 Å². The van der Waals surface area contributed by atoms with Gasteiger partial charge in [0.1, 0.15) is 0 Å². The van der Waals surface area contributed by atoms with E-state index in [-0.39, 0.29) is 5.91 Å². The van der Waals surface area contributed by atoms with Crippen LogP contribution < -0.4 is 0 Å². The summed E-state index contributed by atoms with van der Waals surface area (Å²) >= 11 is 0. The van der Waals surface area contributed by atoms with Gasteiger partial charge >= 0.3 is 0 Å². The third-order valence-electron chi connectivity index (χ3n) is 7.80. The Hall–Kier alpha value is -5.94. The molecule has 0 N–H and O–H groups in total. The fraction of sp³-hybridized carbons (Fsp3) is 0.0256. The maximum atomic E-state index is 13.8. The summed E-state index contributed by atoms with van der Waals surface area (Å²) in [5.74, 6) is 1.66. The minimum Gasteiger partial charge on any atom is -0.283 e. The van der Waals surface area contributed by atoms with E-state index >= 15 is 0 Å². The Kier molecular flexibility index (Phi) is 6.97. The summed E-state index contributed by atoms with van der Waals surface area (Å²) in [5, 5.41) is 0. The molecular weight excluding hydrogens is 540 g/mol. The van der Waals surface area contributed by atoms with Crippen molar-refractivity contribution in [2.45, 2.75) is 6.92 Å². The van der Waals surface area contributed by atoms with E-state index in [1.807, 2.05) is 134 Å². The molecule has 44 heavy (non-hydrogen) atoms. The van der Waals surface area contributed by atoms with Crippen LogP contribution >= 0.6 is 0 Å². The Morgan fingerprint density at radius 3 is 1.70 bits per heavy atom. The largest absolute Gasteiger partial charge is 0.283 e. The first-order valence-corrected chi connectivity index (χ1v) is 14.4. The summed E-state index contributed by atoms with van der Waals surface area (Å²) in [4.78, 5) is 30.2. The predicted octanol–water partition coefficient (Wildman–Crippen LogP) is 8.70. The number of carbonyl (C=O) groups is 1. The fourth-order valence-corrected chi connectivity index (χ4v) is 5.49. The molecule has 0 bridgehead atoms. The standard InChI is InChI=1S/C39H28N4O/c1-26-14-9-10-21-32(26)39(44)43-25-35(34-23-12-11-22-33(34)27(43)2)30-19-13-20-31(24-30)38-41-36(28-15-5-3-6-16-28)40-37(42-38)29-17-7-4-8-18-29/h3-25H,2H2,1H3. The van der Waals surface area contributed by atoms with Gasteiger partial charge < -0.3 is 0 Å². The number of amides is 1. The molecule has 0 fully saturated rings. The van der Waals surface area contributed by atoms with E-state index in [9.17, 15) is 4.79 Å². The molecule has 5 nitrogen and oxygen atoms in total. The van der Waals surface area contributed by atoms with Gasteiger partial charge in [0.2, 0.25) is 0 Å². The molecule has 1 aromatic heterocycles. The minimum atomic E-state index is -0.117. The molecule has 0 aliphatic carbocycles. The van der Waals surface area contributed by atoms with Crippen LogP contribution in [0.5, 0.6) is 0 Å². The number of hydrogen-bond donors (Lipinski definition) is 0. The SMILES string of the molecule is C=C1c2ccccc2C(c2cccc(-c3nc(-c4ccccc4)nc(-c4ccccc4)n3)c2)=CN1C(=O)c1ccccc1C. The van der Waals surface area contributed by atoms with Gasteiger partial charge in [0, 0.05) is 45.3 Å². The fourth-order valence-electron chi connectivity index (χ4n) is 5.49. The van der Waals surface area contributed by atoms with Crippen molar-refractivity contribution in [2.24, 2.45) is 0 Å². The van der Waals surface area contributed by atoms with Gasteiger partial charge in [0.25, 0.3) is 5.91 Å². The highest BCUT2D eigenvalue weighted by molar-refractivity contribution is 6.05. The molecule has 0 saturated heterocycles. The van der Waals surface area contributed by atoms with Crippen molar-refractivity contribution < 1.29 is 4.79 Å². The van der Waals surface area contributed by atoms with Crippen molar-refractivity contribution in [3.05, 3.63) is 174 Å². The maximum Gasteiger partial charge on any atom is 0.262 e. The molecule has 0 saturated carbocycles. The number of hydrogen-bond acceptors (Lipinski definition) is 4. The summed E-state index contributed by atoms with van der Waals surface area (Å²) in [5.41, 5.74) is 8.65. The predicted molar refractivity (Wildman–Crippen MR) is 176 cm³/mol. The molecular formula is C39H28N4O. The summed E-state index contributed by atoms with van der Waals surface area (Å²) in [6, 6.07) is 43.7. The van der Waals surface area contributed by atoms with Crippen molar-refractivity contribution in [3.63, 3.8) is 0 Å². The van der Waals surface area contributed by atoms with Crippen LogP contribution in [0.15, 0.2) is 146 Å². The molecule has 0 unspecified atom stereocenters. The molecule has 2 heterocycles. The van der Waals surface area contributed by atoms with Crippen molar-refractivity contribution in [1.82, 2.24) is 19.9 Å². The Bertz CT molecular complexity index is 2010. The topological polar surface area (TPSA) is 59.0 Å². The Balaban J connectivity index is 1.36. The first-order valence-electron chi connectivity index (χ1n) is 14.4. The smallest absolute Gasteiger partial charge is 0.262 e. The van der Waals surface area contributed by atoms with Gasteiger partial charge in [-0.25, -0.2) is 15.0 Å². The molecule has 1 aliphatic heterocycles. The van der Waals surface area contributed by atoms with Gasteiger partial charge in [-0.3, -0.25) is 9.69 Å². The van der Waals surface area contributed by atoms with Crippen molar-refractivity contribution in [3.8, 4) is 34.2 Å². The van der Waals surface area contributed by atoms with Crippen molar-refractivity contribution >= 4 is 17.2 Å². The van der Waals surface area contributed by atoms with Gasteiger partial charge in [-0.05, 0) is 35.7 Å². The number of aryl methyl sites for hydroxylation is 1. The third-order valence-corrected chi connectivity index (χ3v) is 7.80. The highest BCUT2D eigenvalue weighted by atomic mass is 16.2. The number of nitrogens with zero attached hydrogens (tertiary/aromatic N) is 4. The molecule has 7 rings (SSSR count). The zero-order valence-corrected chi connectivity index (χ0v) is 24.2. The van der Waals surface area contributed by atoms with Crippen LogP contribution in [0.25, 0.3) is 45.4 Å². The molecule has 1 aliphatic rings. The second-order valence-corrected chi connectivity index (χ2v) is 10.6. The summed E-state index contributed by atoms with van der Waals surface area (Å²) < 4.78 is 0. The molecule has 1 amide bonds. The third kappa shape index (κ3) is 5.01. The zero-order valence-electron chi connectivity index (χ0n) is 24.2. The Morgan fingerprint density at radius 2 is 1.07 bits per heavy atom. The Labute approximate surface area is 256 Å². The van der Waals surface area contributed by atoms with Crippen LogP contribution in [0.3, 0.4) is 0 Å². The van der Waals surface area contributed by atoms with Crippen LogP contribution in [-0.4, -0.2) is 25.8 Å². The first kappa shape index (κ1) is 26.9. The van der Waals surface area contributed by atoms with E-state index in [0.717, 1.165) is 44.5 Å². The lowest BCUT2D eigenvalue weighted by Gasteiger charge is -2.30. The number of carbonyl (C=O) groups excluding carboxylic acids is 1. The second kappa shape index (κ2) is 11.4. The highest BCUT2D eigenvalue weighted by Gasteiger charge is 2.27. The molecule has 0 atom stereocenters. The maximum absolute atomic E-state index is 13.8. The van der Waals surface area contributed by atoms with E-state index in [1.165, 1.54) is 0 Å². The van der Waals surface area contributed by atoms with E-state index in [2.05, 4.69) is 18.7 Å². The number of fused-ring (bicyclic) bond motifs is 1. The van der Waals surface area contributed by atoms with Gasteiger partial charge in [0.15, 0.2) is 17.5 Å². The quantitative estimate of drug-likeness (QED) is 0.209. The first-order chi connectivity index (χ1) is 21.6. The lowest BCUT2D eigenvalue weighted by atomic mass is 9.89. The molecule has 6 aromatic rings. The molecule has 5 aromatic carbocycles. The minimum absolute atomic E-state index is 0.117. The number of aromatic nitrogens is 3. The van der Waals surface area contributed by atoms with Crippen molar-refractivity contribution in [1.29, 1.82) is 0 Å². The van der Waals surface area contributed by atoms with E-state index < -0.39 is 0 Å². The lowest BCUT2D eigenvalue weighted by Crippen LogP contribution is -2.28. The summed E-state index contributed by atoms with van der Waals surface area (Å²) in [6.45, 7) is 6.27. The van der Waals surface area contributed by atoms with Crippen LogP contribution in [0.1, 0.15) is 32.6 Å². The summed E-state index contributed by atoms with van der Waals surface area (Å²) in [7, 11) is 0. The average molecular weight is 569 g/mol. The van der Waals surface area contributed by atoms with E-state index in [4.69, 9.17) is 15.0 Å². The van der Waals surface area contributed by atoms with Gasteiger partial charge in [0.05, 0.1) is 0 Å². The average Bonchev–Trinajstić information content (AvgIpc) is 3.09. The van der Waals surface area contributed by atoms with E-state index in [1.54, 1.807) is 4.90 Å². The molecule has 5 heteroatoms. The zero-order chi connectivity index (χ0) is 30.0. The molecule has 210 valence electrons. The number of rotatable bonds is 5. The van der Waals surface area contributed by atoms with Crippen molar-refractivity contribution in [2.75, 3.05) is 0 Å². The second-order valence-electron chi connectivity index (χ2n) is 10.6. The van der Waals surface area contributed by atoms with Crippen LogP contribution in [-0.2, 0) is 0 Å². The molecule has 0 radical (unpaired) electrons. The van der Waals surface area contributed by atoms with Crippen LogP contribution in [0.4, 0.5) is 0 Å². The number of benzene rings is 5. The summed E-state index contributed by atoms with van der Waals surface area (Å²) in [6.07, 6.45) is 1.90. The lowest BCUT2D eigenvalue weighted by molar-refractivity contribution is 0.0878. The van der Waals surface area contributed by atoms with Crippen LogP contribution in [0, 0.1) is 6.92 Å². The van der Waals surface area contributed by atoms with Gasteiger partial charge in [-0.2, -0.15) is 0 Å². The van der Waals surface area contributed by atoms with Crippen LogP contribution in [0.2, 0.25) is 0 Å². The highest BCUT2D eigenvalue weighted by Crippen LogP contribution is 2.38. The monoisotopic (exact) mass is 568 g/mol. The van der Waals surface area contributed by atoms with Gasteiger partial charge in [-0.15, -0.1) is 0 Å². The molecule has 0 spiro atoms. The normalized spacial score (nSPS) is 12.4. The van der Waals surface area contributed by atoms with E-state index in [0.29, 0.717) is 28.7 Å².